The standard InChI is InChI=1S/C30H33F3N6O/c1-17-11-18(12-24(34)28(17)40-2)21-7-10-35-16-26(21)37-29-36-15-20-5-6-25(38-39(20)29)27-22(31)13-19(14-23(27)32)30(33)8-3-4-9-30/h5-7,10,13-18,24,28H,3-4,8-9,11-12,34H2,1-2H3,(H,36,37)/t17-,18+,24+,28+/m0/s1. The molecule has 2 fully saturated rings. The van der Waals surface area contributed by atoms with Crippen LogP contribution in [0.25, 0.3) is 16.8 Å². The normalized spacial score (nSPS) is 24.4. The van der Waals surface area contributed by atoms with Crippen LogP contribution in [0.5, 0.6) is 0 Å². The van der Waals surface area contributed by atoms with Crippen LogP contribution in [0.15, 0.2) is 48.9 Å². The second-order valence-corrected chi connectivity index (χ2v) is 11.2. The van der Waals surface area contributed by atoms with Gasteiger partial charge in [0.05, 0.1) is 41.0 Å². The summed E-state index contributed by atoms with van der Waals surface area (Å²) in [6.45, 7) is 2.15. The van der Waals surface area contributed by atoms with Crippen LogP contribution in [0.3, 0.4) is 0 Å². The van der Waals surface area contributed by atoms with Gasteiger partial charge in [-0.3, -0.25) is 4.98 Å². The number of fused-ring (bicyclic) bond motifs is 1. The van der Waals surface area contributed by atoms with E-state index in [1.807, 2.05) is 6.07 Å². The minimum Gasteiger partial charge on any atom is -0.380 e. The molecule has 0 bridgehead atoms. The van der Waals surface area contributed by atoms with Crippen molar-refractivity contribution in [3.05, 3.63) is 71.7 Å². The van der Waals surface area contributed by atoms with Gasteiger partial charge in [-0.1, -0.05) is 6.92 Å². The van der Waals surface area contributed by atoms with Crippen LogP contribution in [0.1, 0.15) is 62.5 Å². The van der Waals surface area contributed by atoms with E-state index in [4.69, 9.17) is 10.5 Å². The summed E-state index contributed by atoms with van der Waals surface area (Å²) >= 11 is 0. The van der Waals surface area contributed by atoms with E-state index >= 15 is 13.2 Å². The molecule has 7 nitrogen and oxygen atoms in total. The first-order valence-electron chi connectivity index (χ1n) is 13.8. The first-order chi connectivity index (χ1) is 19.3. The summed E-state index contributed by atoms with van der Waals surface area (Å²) < 4.78 is 52.9. The van der Waals surface area contributed by atoms with Gasteiger partial charge >= 0.3 is 0 Å². The number of nitrogens with zero attached hydrogens (tertiary/aromatic N) is 4. The molecule has 2 aliphatic rings. The van der Waals surface area contributed by atoms with Gasteiger partial charge in [-0.15, -0.1) is 0 Å². The number of anilines is 2. The van der Waals surface area contributed by atoms with Crippen molar-refractivity contribution in [2.24, 2.45) is 11.7 Å². The van der Waals surface area contributed by atoms with E-state index in [1.54, 1.807) is 31.8 Å². The zero-order valence-electron chi connectivity index (χ0n) is 22.6. The van der Waals surface area contributed by atoms with Gasteiger partial charge < -0.3 is 15.8 Å². The summed E-state index contributed by atoms with van der Waals surface area (Å²) in [5, 5.41) is 7.84. The van der Waals surface area contributed by atoms with Crippen molar-refractivity contribution in [2.75, 3.05) is 12.4 Å². The number of alkyl halides is 1. The lowest BCUT2D eigenvalue weighted by Gasteiger charge is -2.38. The molecule has 0 spiro atoms. The van der Waals surface area contributed by atoms with Crippen molar-refractivity contribution < 1.29 is 17.9 Å². The smallest absolute Gasteiger partial charge is 0.229 e. The maximum Gasteiger partial charge on any atom is 0.229 e. The Bertz CT molecular complexity index is 1500. The molecule has 0 unspecified atom stereocenters. The number of methoxy groups -OCH3 is 1. The third kappa shape index (κ3) is 4.73. The van der Waals surface area contributed by atoms with Crippen LogP contribution in [0.2, 0.25) is 0 Å². The SMILES string of the molecule is CO[C@H]1[C@H](N)C[C@H](c2ccncc2Nc2ncc3ccc(-c4c(F)cc(C5(F)CCCC5)cc4F)nn23)C[C@@H]1C. The van der Waals surface area contributed by atoms with Crippen molar-refractivity contribution in [1.82, 2.24) is 19.6 Å². The number of nitrogens with two attached hydrogens (primary N) is 1. The minimum absolute atomic E-state index is 0.0109. The average molecular weight is 551 g/mol. The Balaban J connectivity index is 1.32. The van der Waals surface area contributed by atoms with E-state index in [1.165, 1.54) is 10.6 Å². The van der Waals surface area contributed by atoms with Crippen molar-refractivity contribution in [3.8, 4) is 11.3 Å². The molecule has 3 N–H and O–H groups in total. The van der Waals surface area contributed by atoms with Crippen molar-refractivity contribution in [2.45, 2.75) is 69.2 Å². The highest BCUT2D eigenvalue weighted by Crippen LogP contribution is 2.44. The fraction of sp³-hybridized carbons (Fsp3) is 0.433. The van der Waals surface area contributed by atoms with Crippen LogP contribution in [-0.4, -0.2) is 38.8 Å². The lowest BCUT2D eigenvalue weighted by atomic mass is 9.74. The molecule has 2 aliphatic carbocycles. The molecule has 0 amide bonds. The van der Waals surface area contributed by atoms with E-state index in [0.717, 1.165) is 36.2 Å². The van der Waals surface area contributed by atoms with Crippen LogP contribution in [-0.2, 0) is 10.4 Å². The Morgan fingerprint density at radius 1 is 1.07 bits per heavy atom. The van der Waals surface area contributed by atoms with E-state index in [9.17, 15) is 0 Å². The third-order valence-electron chi connectivity index (χ3n) is 8.60. The Kier molecular flexibility index (Phi) is 7.00. The number of halogens is 3. The molecule has 210 valence electrons. The molecular formula is C30H33F3N6O. The lowest BCUT2D eigenvalue weighted by Crippen LogP contribution is -2.45. The number of aromatic nitrogens is 4. The number of rotatable bonds is 6. The van der Waals surface area contributed by atoms with Crippen molar-refractivity contribution >= 4 is 17.2 Å². The maximum atomic E-state index is 15.3. The molecule has 1 aromatic carbocycles. The molecule has 3 heterocycles. The highest BCUT2D eigenvalue weighted by Gasteiger charge is 2.37. The molecule has 0 saturated heterocycles. The number of nitrogens with one attached hydrogen (secondary N) is 1. The van der Waals surface area contributed by atoms with Crippen molar-refractivity contribution in [1.29, 1.82) is 0 Å². The molecular weight excluding hydrogens is 517 g/mol. The molecule has 10 heteroatoms. The van der Waals surface area contributed by atoms with Gasteiger partial charge in [-0.25, -0.2) is 18.2 Å². The Labute approximate surface area is 231 Å². The second-order valence-electron chi connectivity index (χ2n) is 11.2. The fourth-order valence-electron chi connectivity index (χ4n) is 6.61. The van der Waals surface area contributed by atoms with Crippen LogP contribution in [0, 0.1) is 17.6 Å². The predicted molar refractivity (Wildman–Crippen MR) is 147 cm³/mol. The molecule has 0 radical (unpaired) electrons. The van der Waals surface area contributed by atoms with Gasteiger partial charge in [-0.2, -0.15) is 9.61 Å². The number of hydrogen-bond acceptors (Lipinski definition) is 6. The summed E-state index contributed by atoms with van der Waals surface area (Å²) in [4.78, 5) is 8.77. The maximum absolute atomic E-state index is 15.3. The highest BCUT2D eigenvalue weighted by atomic mass is 19.1. The number of pyridine rings is 1. The minimum atomic E-state index is -1.69. The predicted octanol–water partition coefficient (Wildman–Crippen LogP) is 6.41. The van der Waals surface area contributed by atoms with E-state index in [0.29, 0.717) is 24.3 Å². The van der Waals surface area contributed by atoms with E-state index in [-0.39, 0.29) is 53.6 Å². The monoisotopic (exact) mass is 550 g/mol. The summed E-state index contributed by atoms with van der Waals surface area (Å²) in [7, 11) is 1.70. The fourth-order valence-corrected chi connectivity index (χ4v) is 6.61. The van der Waals surface area contributed by atoms with Gasteiger partial charge in [0.25, 0.3) is 0 Å². The zero-order valence-corrected chi connectivity index (χ0v) is 22.6. The summed E-state index contributed by atoms with van der Waals surface area (Å²) in [6.07, 6.45) is 8.74. The van der Waals surface area contributed by atoms with Crippen LogP contribution < -0.4 is 11.1 Å². The average Bonchev–Trinajstić information content (AvgIpc) is 3.55. The Morgan fingerprint density at radius 3 is 2.52 bits per heavy atom. The van der Waals surface area contributed by atoms with Gasteiger partial charge in [0.1, 0.15) is 17.3 Å². The van der Waals surface area contributed by atoms with E-state index < -0.39 is 17.3 Å². The Morgan fingerprint density at radius 2 is 1.82 bits per heavy atom. The van der Waals surface area contributed by atoms with E-state index in [2.05, 4.69) is 27.3 Å². The number of imidazole rings is 1. The topological polar surface area (TPSA) is 90.4 Å². The molecule has 3 aromatic heterocycles. The van der Waals surface area contributed by atoms with Crippen molar-refractivity contribution in [3.63, 3.8) is 0 Å². The van der Waals surface area contributed by atoms with Gasteiger partial charge in [0.15, 0.2) is 0 Å². The lowest BCUT2D eigenvalue weighted by molar-refractivity contribution is 0.00984. The quantitative estimate of drug-likeness (QED) is 0.288. The second kappa shape index (κ2) is 10.5. The summed E-state index contributed by atoms with van der Waals surface area (Å²) in [5.41, 5.74) is 7.04. The number of hydrogen-bond donors (Lipinski definition) is 2. The molecule has 0 aliphatic heterocycles. The Hall–Kier alpha value is -3.50. The van der Waals surface area contributed by atoms with Crippen LogP contribution in [0.4, 0.5) is 24.8 Å². The zero-order chi connectivity index (χ0) is 28.0. The number of benzene rings is 1. The van der Waals surface area contributed by atoms with Gasteiger partial charge in [0.2, 0.25) is 5.95 Å². The molecule has 6 rings (SSSR count). The first-order valence-corrected chi connectivity index (χ1v) is 13.8. The molecule has 4 aromatic rings. The molecule has 4 atom stereocenters. The highest BCUT2D eigenvalue weighted by molar-refractivity contribution is 5.66. The summed E-state index contributed by atoms with van der Waals surface area (Å²) in [6, 6.07) is 7.33. The molecule has 40 heavy (non-hydrogen) atoms. The largest absolute Gasteiger partial charge is 0.380 e. The summed E-state index contributed by atoms with van der Waals surface area (Å²) in [5.74, 6) is -0.829. The first kappa shape index (κ1) is 26.7. The van der Waals surface area contributed by atoms with Crippen LogP contribution >= 0.6 is 0 Å². The number of ether oxygens (including phenoxy) is 1. The van der Waals surface area contributed by atoms with Gasteiger partial charge in [-0.05, 0) is 91.8 Å². The molecule has 2 saturated carbocycles. The van der Waals surface area contributed by atoms with Gasteiger partial charge in [0, 0.05) is 19.3 Å². The third-order valence-corrected chi connectivity index (χ3v) is 8.60.